The molecule has 0 unspecified atom stereocenters. The lowest BCUT2D eigenvalue weighted by Gasteiger charge is -2.16. The minimum absolute atomic E-state index is 0.165. The van der Waals surface area contributed by atoms with E-state index in [1.165, 1.54) is 24.3 Å². The van der Waals surface area contributed by atoms with Crippen LogP contribution in [0.15, 0.2) is 53.0 Å². The topological polar surface area (TPSA) is 63.6 Å². The van der Waals surface area contributed by atoms with Gasteiger partial charge >= 0.3 is 12.1 Å². The second-order valence-corrected chi connectivity index (χ2v) is 5.18. The van der Waals surface area contributed by atoms with Crippen molar-refractivity contribution >= 4 is 27.7 Å². The molecule has 0 bridgehead atoms. The maximum atomic E-state index is 13.2. The van der Waals surface area contributed by atoms with Crippen molar-refractivity contribution in [3.8, 4) is 5.75 Å². The number of hydrogen-bond donors (Lipinski definition) is 1. The molecule has 0 radical (unpaired) electrons. The van der Waals surface area contributed by atoms with Gasteiger partial charge in [-0.15, -0.1) is 0 Å². The van der Waals surface area contributed by atoms with E-state index < -0.39 is 23.6 Å². The number of halogens is 3. The zero-order valence-corrected chi connectivity index (χ0v) is 12.5. The first-order valence-corrected chi connectivity index (χ1v) is 6.80. The largest absolute Gasteiger partial charge is 0.501 e. The summed E-state index contributed by atoms with van der Waals surface area (Å²) in [5.74, 6) is -3.50. The standard InChI is InChI=1S/C15H9BrF2O4/c16-10-6-7-12(22-15(17,18)14(20)21)11(8-10)13(19)9-4-2-1-3-5-9/h1-8H,(H,20,21). The number of carboxylic acids is 1. The highest BCUT2D eigenvalue weighted by atomic mass is 79.9. The van der Waals surface area contributed by atoms with Crippen molar-refractivity contribution < 1.29 is 28.2 Å². The number of aliphatic carboxylic acids is 1. The predicted octanol–water partition coefficient (Wildman–Crippen LogP) is 3.74. The molecule has 0 saturated carbocycles. The minimum atomic E-state index is -4.43. The van der Waals surface area contributed by atoms with Crippen molar-refractivity contribution in [1.29, 1.82) is 0 Å². The molecule has 0 heterocycles. The fourth-order valence-corrected chi connectivity index (χ4v) is 2.06. The average molecular weight is 371 g/mol. The normalized spacial score (nSPS) is 11.0. The maximum absolute atomic E-state index is 13.2. The third-order valence-corrected chi connectivity index (χ3v) is 3.20. The Hall–Kier alpha value is -2.28. The highest BCUT2D eigenvalue weighted by Crippen LogP contribution is 2.30. The molecule has 2 aromatic rings. The van der Waals surface area contributed by atoms with Gasteiger partial charge in [-0.25, -0.2) is 4.79 Å². The highest BCUT2D eigenvalue weighted by molar-refractivity contribution is 9.10. The molecular formula is C15H9BrF2O4. The van der Waals surface area contributed by atoms with Gasteiger partial charge in [-0.05, 0) is 18.2 Å². The van der Waals surface area contributed by atoms with Crippen LogP contribution < -0.4 is 4.74 Å². The smallest absolute Gasteiger partial charge is 0.474 e. The van der Waals surface area contributed by atoms with Crippen molar-refractivity contribution in [3.05, 3.63) is 64.1 Å². The van der Waals surface area contributed by atoms with Crippen LogP contribution in [0, 0.1) is 0 Å². The quantitative estimate of drug-likeness (QED) is 0.814. The van der Waals surface area contributed by atoms with Gasteiger partial charge in [0.05, 0.1) is 5.56 Å². The summed E-state index contributed by atoms with van der Waals surface area (Å²) in [4.78, 5) is 22.9. The van der Waals surface area contributed by atoms with Gasteiger partial charge in [0.15, 0.2) is 5.78 Å². The predicted molar refractivity (Wildman–Crippen MR) is 77.2 cm³/mol. The second-order valence-electron chi connectivity index (χ2n) is 4.26. The lowest BCUT2D eigenvalue weighted by atomic mass is 10.0. The molecule has 0 aliphatic rings. The number of carbonyl (C=O) groups is 2. The van der Waals surface area contributed by atoms with E-state index in [0.29, 0.717) is 4.47 Å². The Bertz CT molecular complexity index is 717. The van der Waals surface area contributed by atoms with E-state index >= 15 is 0 Å². The van der Waals surface area contributed by atoms with E-state index in [-0.39, 0.29) is 11.1 Å². The summed E-state index contributed by atoms with van der Waals surface area (Å²) in [5.41, 5.74) is 0.102. The van der Waals surface area contributed by atoms with Crippen LogP contribution in [0.2, 0.25) is 0 Å². The number of carbonyl (C=O) groups excluding carboxylic acids is 1. The van der Waals surface area contributed by atoms with Gasteiger partial charge in [0.2, 0.25) is 0 Å². The molecule has 0 spiro atoms. The number of alkyl halides is 2. The summed E-state index contributed by atoms with van der Waals surface area (Å²) < 4.78 is 31.2. The zero-order chi connectivity index (χ0) is 16.3. The van der Waals surface area contributed by atoms with Gasteiger partial charge in [0, 0.05) is 10.0 Å². The molecule has 0 atom stereocenters. The summed E-state index contributed by atoms with van der Waals surface area (Å²) in [6, 6.07) is 11.8. The van der Waals surface area contributed by atoms with Crippen molar-refractivity contribution in [2.24, 2.45) is 0 Å². The Kier molecular flexibility index (Phi) is 4.56. The number of carboxylic acid groups (broad SMARTS) is 1. The number of benzene rings is 2. The third kappa shape index (κ3) is 3.48. The fourth-order valence-electron chi connectivity index (χ4n) is 1.70. The Morgan fingerprint density at radius 3 is 2.32 bits per heavy atom. The van der Waals surface area contributed by atoms with Gasteiger partial charge in [-0.3, -0.25) is 4.79 Å². The van der Waals surface area contributed by atoms with E-state index in [4.69, 9.17) is 5.11 Å². The number of hydrogen-bond acceptors (Lipinski definition) is 3. The molecule has 4 nitrogen and oxygen atoms in total. The third-order valence-electron chi connectivity index (χ3n) is 2.71. The molecule has 1 N–H and O–H groups in total. The lowest BCUT2D eigenvalue weighted by molar-refractivity contribution is -0.210. The molecule has 22 heavy (non-hydrogen) atoms. The molecule has 0 amide bonds. The molecule has 0 fully saturated rings. The summed E-state index contributed by atoms with van der Waals surface area (Å²) in [6.45, 7) is 0. The number of ether oxygens (including phenoxy) is 1. The van der Waals surface area contributed by atoms with Crippen LogP contribution in [0.5, 0.6) is 5.75 Å². The highest BCUT2D eigenvalue weighted by Gasteiger charge is 2.43. The van der Waals surface area contributed by atoms with Crippen LogP contribution in [0.4, 0.5) is 8.78 Å². The molecule has 2 rings (SSSR count). The van der Waals surface area contributed by atoms with Crippen LogP contribution in [-0.4, -0.2) is 23.0 Å². The van der Waals surface area contributed by atoms with E-state index in [0.717, 1.165) is 6.07 Å². The summed E-state index contributed by atoms with van der Waals surface area (Å²) >= 11 is 3.13. The number of rotatable bonds is 5. The molecule has 2 aromatic carbocycles. The van der Waals surface area contributed by atoms with Crippen molar-refractivity contribution in [1.82, 2.24) is 0 Å². The van der Waals surface area contributed by atoms with Crippen LogP contribution in [0.3, 0.4) is 0 Å². The Morgan fingerprint density at radius 2 is 1.73 bits per heavy atom. The zero-order valence-electron chi connectivity index (χ0n) is 10.9. The first-order chi connectivity index (χ1) is 10.3. The fraction of sp³-hybridized carbons (Fsp3) is 0.0667. The summed E-state index contributed by atoms with van der Waals surface area (Å²) in [7, 11) is 0. The lowest BCUT2D eigenvalue weighted by Crippen LogP contribution is -2.35. The van der Waals surface area contributed by atoms with Crippen LogP contribution >= 0.6 is 15.9 Å². The minimum Gasteiger partial charge on any atom is -0.474 e. The van der Waals surface area contributed by atoms with Gasteiger partial charge in [-0.2, -0.15) is 8.78 Å². The van der Waals surface area contributed by atoms with Gasteiger partial charge in [0.25, 0.3) is 0 Å². The van der Waals surface area contributed by atoms with E-state index in [1.807, 2.05) is 0 Å². The molecule has 0 aliphatic carbocycles. The monoisotopic (exact) mass is 370 g/mol. The summed E-state index contributed by atoms with van der Waals surface area (Å²) in [6.07, 6.45) is -4.43. The molecule has 114 valence electrons. The Labute approximate surface area is 132 Å². The number of ketones is 1. The molecule has 7 heteroatoms. The average Bonchev–Trinajstić information content (AvgIpc) is 2.49. The van der Waals surface area contributed by atoms with Crippen molar-refractivity contribution in [2.75, 3.05) is 0 Å². The van der Waals surface area contributed by atoms with Gasteiger partial charge in [0.1, 0.15) is 5.75 Å². The summed E-state index contributed by atoms with van der Waals surface area (Å²) in [5, 5.41) is 8.43. The van der Waals surface area contributed by atoms with Crippen LogP contribution in [0.1, 0.15) is 15.9 Å². The van der Waals surface area contributed by atoms with Crippen LogP contribution in [-0.2, 0) is 4.79 Å². The molecule has 0 saturated heterocycles. The van der Waals surface area contributed by atoms with Crippen molar-refractivity contribution in [2.45, 2.75) is 6.11 Å². The Balaban J connectivity index is 2.45. The SMILES string of the molecule is O=C(c1ccccc1)c1cc(Br)ccc1OC(F)(F)C(=O)O. The van der Waals surface area contributed by atoms with E-state index in [9.17, 15) is 18.4 Å². The first-order valence-electron chi connectivity index (χ1n) is 6.01. The van der Waals surface area contributed by atoms with E-state index in [2.05, 4.69) is 20.7 Å². The van der Waals surface area contributed by atoms with Gasteiger partial charge in [-0.1, -0.05) is 46.3 Å². The molecular weight excluding hydrogens is 362 g/mol. The Morgan fingerprint density at radius 1 is 1.09 bits per heavy atom. The second kappa shape index (κ2) is 6.23. The first kappa shape index (κ1) is 16.1. The van der Waals surface area contributed by atoms with E-state index in [1.54, 1.807) is 18.2 Å². The van der Waals surface area contributed by atoms with Gasteiger partial charge < -0.3 is 9.84 Å². The molecule has 0 aliphatic heterocycles. The van der Waals surface area contributed by atoms with Crippen LogP contribution in [0.25, 0.3) is 0 Å². The molecule has 0 aromatic heterocycles. The van der Waals surface area contributed by atoms with Crippen molar-refractivity contribution in [3.63, 3.8) is 0 Å². The maximum Gasteiger partial charge on any atom is 0.501 e.